The summed E-state index contributed by atoms with van der Waals surface area (Å²) in [7, 11) is 0. The van der Waals surface area contributed by atoms with Gasteiger partial charge in [-0.05, 0) is 30.5 Å². The van der Waals surface area contributed by atoms with Gasteiger partial charge in [-0.2, -0.15) is 0 Å². The third-order valence-electron chi connectivity index (χ3n) is 5.97. The zero-order valence-corrected chi connectivity index (χ0v) is 16.3. The lowest BCUT2D eigenvalue weighted by atomic mass is 9.94. The van der Waals surface area contributed by atoms with Gasteiger partial charge in [-0.1, -0.05) is 42.5 Å². The summed E-state index contributed by atoms with van der Waals surface area (Å²) < 4.78 is 14.0. The average molecular weight is 381 g/mol. The molecule has 0 bridgehead atoms. The van der Waals surface area contributed by atoms with Gasteiger partial charge in [0, 0.05) is 51.7 Å². The molecule has 5 heteroatoms. The van der Waals surface area contributed by atoms with Crippen molar-refractivity contribution in [2.75, 3.05) is 44.2 Å². The summed E-state index contributed by atoms with van der Waals surface area (Å²) in [5.41, 5.74) is 1.98. The number of rotatable bonds is 4. The fourth-order valence-electron chi connectivity index (χ4n) is 4.30. The average Bonchev–Trinajstić information content (AvgIpc) is 2.75. The SMILES string of the molecule is O=C(C1CCN(c2ccccc2F)CC1)N1CCN(Cc2ccccc2)CC1. The van der Waals surface area contributed by atoms with Gasteiger partial charge in [-0.15, -0.1) is 0 Å². The van der Waals surface area contributed by atoms with Crippen molar-refractivity contribution in [3.05, 3.63) is 66.0 Å². The van der Waals surface area contributed by atoms with Crippen LogP contribution in [0, 0.1) is 11.7 Å². The first kappa shape index (κ1) is 18.9. The quantitative estimate of drug-likeness (QED) is 0.812. The van der Waals surface area contributed by atoms with E-state index in [2.05, 4.69) is 34.1 Å². The van der Waals surface area contributed by atoms with E-state index in [0.29, 0.717) is 5.69 Å². The molecule has 0 aliphatic carbocycles. The van der Waals surface area contributed by atoms with Crippen LogP contribution in [0.15, 0.2) is 54.6 Å². The summed E-state index contributed by atoms with van der Waals surface area (Å²) >= 11 is 0. The van der Waals surface area contributed by atoms with Gasteiger partial charge in [-0.25, -0.2) is 4.39 Å². The molecule has 2 heterocycles. The van der Waals surface area contributed by atoms with Crippen molar-refractivity contribution in [3.8, 4) is 0 Å². The standard InChI is InChI=1S/C23H28FN3O/c24-21-8-4-5-9-22(21)26-12-10-20(11-13-26)23(28)27-16-14-25(15-17-27)18-19-6-2-1-3-7-19/h1-9,20H,10-18H2. The second kappa shape index (κ2) is 8.74. The summed E-state index contributed by atoms with van der Waals surface area (Å²) in [6.45, 7) is 5.89. The van der Waals surface area contributed by atoms with E-state index >= 15 is 0 Å². The highest BCUT2D eigenvalue weighted by molar-refractivity contribution is 5.79. The van der Waals surface area contributed by atoms with Crippen molar-refractivity contribution in [1.29, 1.82) is 0 Å². The van der Waals surface area contributed by atoms with Gasteiger partial charge in [-0.3, -0.25) is 9.69 Å². The third-order valence-corrected chi connectivity index (χ3v) is 5.97. The van der Waals surface area contributed by atoms with E-state index < -0.39 is 0 Å². The molecular weight excluding hydrogens is 353 g/mol. The fraction of sp³-hybridized carbons (Fsp3) is 0.435. The number of halogens is 1. The Labute approximate surface area is 166 Å². The zero-order chi connectivity index (χ0) is 19.3. The number of hydrogen-bond donors (Lipinski definition) is 0. The Kier molecular flexibility index (Phi) is 5.91. The summed E-state index contributed by atoms with van der Waals surface area (Å²) in [4.78, 5) is 19.5. The van der Waals surface area contributed by atoms with Crippen LogP contribution in [0.5, 0.6) is 0 Å². The van der Waals surface area contributed by atoms with Crippen molar-refractivity contribution >= 4 is 11.6 Å². The number of anilines is 1. The second-order valence-corrected chi connectivity index (χ2v) is 7.80. The largest absolute Gasteiger partial charge is 0.369 e. The van der Waals surface area contributed by atoms with Crippen LogP contribution in [-0.2, 0) is 11.3 Å². The van der Waals surface area contributed by atoms with Gasteiger partial charge in [0.05, 0.1) is 5.69 Å². The summed E-state index contributed by atoms with van der Waals surface area (Å²) in [5, 5.41) is 0. The Morgan fingerprint density at radius 1 is 0.857 bits per heavy atom. The molecule has 0 N–H and O–H groups in total. The molecule has 4 rings (SSSR count). The first-order chi connectivity index (χ1) is 13.7. The molecule has 0 spiro atoms. The van der Waals surface area contributed by atoms with Crippen molar-refractivity contribution < 1.29 is 9.18 Å². The Bertz CT molecular complexity index is 781. The van der Waals surface area contributed by atoms with Gasteiger partial charge < -0.3 is 9.80 Å². The number of nitrogens with zero attached hydrogens (tertiary/aromatic N) is 3. The second-order valence-electron chi connectivity index (χ2n) is 7.80. The molecule has 2 aromatic rings. The Morgan fingerprint density at radius 2 is 1.50 bits per heavy atom. The number of amides is 1. The lowest BCUT2D eigenvalue weighted by Crippen LogP contribution is -2.51. The van der Waals surface area contributed by atoms with Crippen LogP contribution < -0.4 is 4.90 Å². The lowest BCUT2D eigenvalue weighted by Gasteiger charge is -2.39. The van der Waals surface area contributed by atoms with Crippen LogP contribution in [0.4, 0.5) is 10.1 Å². The summed E-state index contributed by atoms with van der Waals surface area (Å²) in [5.74, 6) is 0.179. The number of carbonyl (C=O) groups is 1. The van der Waals surface area contributed by atoms with E-state index in [1.807, 2.05) is 23.1 Å². The van der Waals surface area contributed by atoms with Crippen LogP contribution in [0.25, 0.3) is 0 Å². The maximum Gasteiger partial charge on any atom is 0.225 e. The lowest BCUT2D eigenvalue weighted by molar-refractivity contribution is -0.138. The van der Waals surface area contributed by atoms with Crippen LogP contribution in [0.2, 0.25) is 0 Å². The van der Waals surface area contributed by atoms with Crippen LogP contribution >= 0.6 is 0 Å². The summed E-state index contributed by atoms with van der Waals surface area (Å²) in [6.07, 6.45) is 1.61. The molecule has 2 fully saturated rings. The molecule has 0 radical (unpaired) electrons. The molecular formula is C23H28FN3O. The number of piperidine rings is 1. The molecule has 4 nitrogen and oxygen atoms in total. The fourth-order valence-corrected chi connectivity index (χ4v) is 4.30. The van der Waals surface area contributed by atoms with Gasteiger partial charge in [0.2, 0.25) is 5.91 Å². The van der Waals surface area contributed by atoms with Crippen molar-refractivity contribution in [2.24, 2.45) is 5.92 Å². The minimum Gasteiger partial charge on any atom is -0.369 e. The smallest absolute Gasteiger partial charge is 0.225 e. The number of hydrogen-bond acceptors (Lipinski definition) is 3. The predicted molar refractivity (Wildman–Crippen MR) is 110 cm³/mol. The Balaban J connectivity index is 1.25. The van der Waals surface area contributed by atoms with Gasteiger partial charge in [0.1, 0.15) is 5.82 Å². The molecule has 0 saturated carbocycles. The van der Waals surface area contributed by atoms with E-state index in [9.17, 15) is 9.18 Å². The molecule has 1 amide bonds. The third kappa shape index (κ3) is 4.36. The number of para-hydroxylation sites is 1. The maximum absolute atomic E-state index is 14.0. The van der Waals surface area contributed by atoms with Crippen molar-refractivity contribution in [3.63, 3.8) is 0 Å². The first-order valence-corrected chi connectivity index (χ1v) is 10.3. The highest BCUT2D eigenvalue weighted by atomic mass is 19.1. The molecule has 0 aromatic heterocycles. The van der Waals surface area contributed by atoms with E-state index in [1.165, 1.54) is 11.6 Å². The topological polar surface area (TPSA) is 26.8 Å². The summed E-state index contributed by atoms with van der Waals surface area (Å²) in [6, 6.07) is 17.4. The Hall–Kier alpha value is -2.40. The highest BCUT2D eigenvalue weighted by Crippen LogP contribution is 2.26. The minimum atomic E-state index is -0.179. The minimum absolute atomic E-state index is 0.0729. The van der Waals surface area contributed by atoms with Crippen molar-refractivity contribution in [1.82, 2.24) is 9.80 Å². The van der Waals surface area contributed by atoms with Crippen molar-refractivity contribution in [2.45, 2.75) is 19.4 Å². The van der Waals surface area contributed by atoms with Crippen LogP contribution in [-0.4, -0.2) is 55.0 Å². The van der Waals surface area contributed by atoms with E-state index in [-0.39, 0.29) is 17.6 Å². The number of carbonyl (C=O) groups excluding carboxylic acids is 1. The van der Waals surface area contributed by atoms with E-state index in [1.54, 1.807) is 6.07 Å². The number of benzene rings is 2. The molecule has 2 aliphatic heterocycles. The predicted octanol–water partition coefficient (Wildman–Crippen LogP) is 3.39. The van der Waals surface area contributed by atoms with Gasteiger partial charge in [0.15, 0.2) is 0 Å². The molecule has 2 aliphatic rings. The molecule has 28 heavy (non-hydrogen) atoms. The van der Waals surface area contributed by atoms with Crippen LogP contribution in [0.3, 0.4) is 0 Å². The molecule has 2 saturated heterocycles. The molecule has 148 valence electrons. The van der Waals surface area contributed by atoms with Gasteiger partial charge in [0.25, 0.3) is 0 Å². The monoisotopic (exact) mass is 381 g/mol. The first-order valence-electron chi connectivity index (χ1n) is 10.3. The normalized spacial score (nSPS) is 19.0. The van der Waals surface area contributed by atoms with Gasteiger partial charge >= 0.3 is 0 Å². The zero-order valence-electron chi connectivity index (χ0n) is 16.3. The molecule has 0 atom stereocenters. The van der Waals surface area contributed by atoms with E-state index in [0.717, 1.165) is 58.7 Å². The maximum atomic E-state index is 14.0. The Morgan fingerprint density at radius 3 is 2.18 bits per heavy atom. The van der Waals surface area contributed by atoms with Crippen LogP contribution in [0.1, 0.15) is 18.4 Å². The highest BCUT2D eigenvalue weighted by Gasteiger charge is 2.31. The molecule has 2 aromatic carbocycles. The van der Waals surface area contributed by atoms with E-state index in [4.69, 9.17) is 0 Å². The number of piperazine rings is 1. The molecule has 0 unspecified atom stereocenters.